The minimum Gasteiger partial charge on any atom is -0.342 e. The number of nitrogens with one attached hydrogen (secondary N) is 2. The zero-order valence-electron chi connectivity index (χ0n) is 11.8. The van der Waals surface area contributed by atoms with Gasteiger partial charge in [0.1, 0.15) is 11.6 Å². The Morgan fingerprint density at radius 1 is 0.773 bits per heavy atom. The van der Waals surface area contributed by atoms with Crippen molar-refractivity contribution >= 4 is 21.9 Å². The van der Waals surface area contributed by atoms with Gasteiger partial charge in [0.25, 0.3) is 5.56 Å². The van der Waals surface area contributed by atoms with Gasteiger partial charge in [0.15, 0.2) is 0 Å². The van der Waals surface area contributed by atoms with Crippen LogP contribution in [0.4, 0.5) is 0 Å². The predicted octanol–water partition coefficient (Wildman–Crippen LogP) is 2.58. The number of para-hydroxylation sites is 3. The number of hydrogen-bond donors (Lipinski definition) is 2. The van der Waals surface area contributed by atoms with Crippen LogP contribution in [-0.2, 0) is 12.8 Å². The van der Waals surface area contributed by atoms with Crippen molar-refractivity contribution in [2.24, 2.45) is 0 Å². The molecule has 0 amide bonds. The first-order valence-corrected chi connectivity index (χ1v) is 7.21. The molecule has 5 nitrogen and oxygen atoms in total. The number of aryl methyl sites for hydroxylation is 2. The van der Waals surface area contributed by atoms with Gasteiger partial charge in [-0.1, -0.05) is 24.3 Å². The van der Waals surface area contributed by atoms with Crippen molar-refractivity contribution in [2.75, 3.05) is 0 Å². The largest absolute Gasteiger partial charge is 0.342 e. The maximum Gasteiger partial charge on any atom is 0.258 e. The summed E-state index contributed by atoms with van der Waals surface area (Å²) in [6.45, 7) is 0. The summed E-state index contributed by atoms with van der Waals surface area (Å²) in [5.41, 5.74) is 2.62. The van der Waals surface area contributed by atoms with Crippen molar-refractivity contribution in [1.82, 2.24) is 19.9 Å². The quantitative estimate of drug-likeness (QED) is 0.609. The zero-order valence-corrected chi connectivity index (χ0v) is 11.8. The number of fused-ring (bicyclic) bond motifs is 2. The molecule has 0 spiro atoms. The van der Waals surface area contributed by atoms with E-state index in [1.165, 1.54) is 0 Å². The molecule has 4 rings (SSSR count). The number of imidazole rings is 1. The molecule has 2 heterocycles. The van der Waals surface area contributed by atoms with Gasteiger partial charge in [-0.25, -0.2) is 9.97 Å². The summed E-state index contributed by atoms with van der Waals surface area (Å²) in [5.74, 6) is 1.58. The second-order valence-electron chi connectivity index (χ2n) is 5.23. The second kappa shape index (κ2) is 5.11. The van der Waals surface area contributed by atoms with Crippen LogP contribution in [0.2, 0.25) is 0 Å². The molecule has 0 saturated carbocycles. The lowest BCUT2D eigenvalue weighted by Crippen LogP contribution is -2.12. The third kappa shape index (κ3) is 2.26. The van der Waals surface area contributed by atoms with Gasteiger partial charge < -0.3 is 9.97 Å². The lowest BCUT2D eigenvalue weighted by molar-refractivity contribution is 0.824. The molecular formula is C17H14N4O. The van der Waals surface area contributed by atoms with Crippen LogP contribution in [0.3, 0.4) is 0 Å². The smallest absolute Gasteiger partial charge is 0.258 e. The van der Waals surface area contributed by atoms with Crippen LogP contribution in [-0.4, -0.2) is 19.9 Å². The lowest BCUT2D eigenvalue weighted by atomic mass is 10.2. The molecule has 0 aliphatic carbocycles. The van der Waals surface area contributed by atoms with Crippen molar-refractivity contribution in [2.45, 2.75) is 12.8 Å². The van der Waals surface area contributed by atoms with Gasteiger partial charge >= 0.3 is 0 Å². The Morgan fingerprint density at radius 3 is 2.23 bits per heavy atom. The maximum absolute atomic E-state index is 12.0. The third-order valence-corrected chi connectivity index (χ3v) is 3.70. The molecule has 22 heavy (non-hydrogen) atoms. The second-order valence-corrected chi connectivity index (χ2v) is 5.23. The van der Waals surface area contributed by atoms with Gasteiger partial charge in [-0.05, 0) is 24.3 Å². The summed E-state index contributed by atoms with van der Waals surface area (Å²) in [4.78, 5) is 27.2. The molecule has 0 saturated heterocycles. The van der Waals surface area contributed by atoms with Gasteiger partial charge in [0, 0.05) is 12.8 Å². The topological polar surface area (TPSA) is 74.4 Å². The van der Waals surface area contributed by atoms with Crippen LogP contribution in [0, 0.1) is 0 Å². The molecule has 0 atom stereocenters. The Bertz CT molecular complexity index is 983. The Labute approximate surface area is 126 Å². The van der Waals surface area contributed by atoms with Gasteiger partial charge in [-0.15, -0.1) is 0 Å². The van der Waals surface area contributed by atoms with Crippen LogP contribution in [0.25, 0.3) is 21.9 Å². The number of rotatable bonds is 3. The number of benzene rings is 2. The molecule has 0 fully saturated rings. The molecule has 2 aromatic carbocycles. The Balaban J connectivity index is 1.62. The highest BCUT2D eigenvalue weighted by atomic mass is 16.1. The summed E-state index contributed by atoms with van der Waals surface area (Å²) in [6.07, 6.45) is 1.34. The monoisotopic (exact) mass is 290 g/mol. The molecule has 0 radical (unpaired) electrons. The van der Waals surface area contributed by atoms with E-state index in [2.05, 4.69) is 19.9 Å². The zero-order chi connectivity index (χ0) is 14.9. The summed E-state index contributed by atoms with van der Waals surface area (Å²) in [6, 6.07) is 15.3. The van der Waals surface area contributed by atoms with Crippen molar-refractivity contribution < 1.29 is 0 Å². The van der Waals surface area contributed by atoms with E-state index in [9.17, 15) is 4.79 Å². The third-order valence-electron chi connectivity index (χ3n) is 3.70. The van der Waals surface area contributed by atoms with E-state index in [1.807, 2.05) is 42.5 Å². The van der Waals surface area contributed by atoms with Gasteiger partial charge in [0.05, 0.1) is 21.9 Å². The standard InChI is InChI=1S/C17H14N4O/c22-17-11-5-1-2-6-12(11)18-16(21-17)10-9-15-19-13-7-3-4-8-14(13)20-15/h1-8H,9-10H2,(H,19,20)(H,18,21,22). The summed E-state index contributed by atoms with van der Waals surface area (Å²) >= 11 is 0. The molecule has 108 valence electrons. The van der Waals surface area contributed by atoms with E-state index in [0.29, 0.717) is 24.1 Å². The predicted molar refractivity (Wildman–Crippen MR) is 85.9 cm³/mol. The fraction of sp³-hybridized carbons (Fsp3) is 0.118. The van der Waals surface area contributed by atoms with Gasteiger partial charge in [0.2, 0.25) is 0 Å². The van der Waals surface area contributed by atoms with Crippen molar-refractivity contribution in [3.05, 3.63) is 70.5 Å². The average molecular weight is 290 g/mol. The maximum atomic E-state index is 12.0. The van der Waals surface area contributed by atoms with E-state index in [-0.39, 0.29) is 5.56 Å². The highest BCUT2D eigenvalue weighted by molar-refractivity contribution is 5.77. The van der Waals surface area contributed by atoms with E-state index in [1.54, 1.807) is 6.07 Å². The number of aromatic amines is 2. The first-order chi connectivity index (χ1) is 10.8. The Kier molecular flexibility index (Phi) is 2.96. The molecule has 0 unspecified atom stereocenters. The first kappa shape index (κ1) is 12.8. The lowest BCUT2D eigenvalue weighted by Gasteiger charge is -2.01. The molecule has 0 aliphatic heterocycles. The summed E-state index contributed by atoms with van der Waals surface area (Å²) in [5, 5.41) is 0.620. The van der Waals surface area contributed by atoms with E-state index in [4.69, 9.17) is 0 Å². The van der Waals surface area contributed by atoms with Crippen molar-refractivity contribution in [3.63, 3.8) is 0 Å². The van der Waals surface area contributed by atoms with Gasteiger partial charge in [-0.3, -0.25) is 4.79 Å². The molecule has 5 heteroatoms. The van der Waals surface area contributed by atoms with Crippen molar-refractivity contribution in [3.8, 4) is 0 Å². The normalized spacial score (nSPS) is 11.3. The minimum absolute atomic E-state index is 0.0924. The molecule has 2 N–H and O–H groups in total. The van der Waals surface area contributed by atoms with Crippen LogP contribution in [0.1, 0.15) is 11.6 Å². The van der Waals surface area contributed by atoms with E-state index in [0.717, 1.165) is 22.4 Å². The Hall–Kier alpha value is -2.95. The minimum atomic E-state index is -0.0924. The molecule has 0 bridgehead atoms. The molecule has 2 aromatic heterocycles. The average Bonchev–Trinajstić information content (AvgIpc) is 2.96. The number of hydrogen-bond acceptors (Lipinski definition) is 3. The number of nitrogens with zero attached hydrogens (tertiary/aromatic N) is 2. The fourth-order valence-corrected chi connectivity index (χ4v) is 2.61. The van der Waals surface area contributed by atoms with Crippen LogP contribution >= 0.6 is 0 Å². The van der Waals surface area contributed by atoms with Crippen LogP contribution in [0.5, 0.6) is 0 Å². The van der Waals surface area contributed by atoms with E-state index >= 15 is 0 Å². The fourth-order valence-electron chi connectivity index (χ4n) is 2.61. The molecule has 4 aromatic rings. The first-order valence-electron chi connectivity index (χ1n) is 7.21. The van der Waals surface area contributed by atoms with Crippen molar-refractivity contribution in [1.29, 1.82) is 0 Å². The SMILES string of the molecule is O=c1[nH]c(CCc2nc3ccccc3[nH]2)nc2ccccc12. The highest BCUT2D eigenvalue weighted by Crippen LogP contribution is 2.12. The number of H-pyrrole nitrogens is 2. The number of aromatic nitrogens is 4. The highest BCUT2D eigenvalue weighted by Gasteiger charge is 2.06. The van der Waals surface area contributed by atoms with Gasteiger partial charge in [-0.2, -0.15) is 0 Å². The molecule has 0 aliphatic rings. The summed E-state index contributed by atoms with van der Waals surface area (Å²) in [7, 11) is 0. The van der Waals surface area contributed by atoms with E-state index < -0.39 is 0 Å². The summed E-state index contributed by atoms with van der Waals surface area (Å²) < 4.78 is 0. The van der Waals surface area contributed by atoms with Crippen LogP contribution < -0.4 is 5.56 Å². The molecular weight excluding hydrogens is 276 g/mol. The Morgan fingerprint density at radius 2 is 1.41 bits per heavy atom. The van der Waals surface area contributed by atoms with Crippen LogP contribution in [0.15, 0.2) is 53.3 Å².